The zero-order valence-electron chi connectivity index (χ0n) is 30.9. The lowest BCUT2D eigenvalue weighted by atomic mass is 10.1. The molecule has 5 aliphatic rings. The van der Waals surface area contributed by atoms with Gasteiger partial charge in [-0.1, -0.05) is 150 Å². The summed E-state index contributed by atoms with van der Waals surface area (Å²) in [5.41, 5.74) is 1.65. The van der Waals surface area contributed by atoms with Crippen molar-refractivity contribution in [3.8, 4) is 11.5 Å². The highest BCUT2D eigenvalue weighted by Crippen LogP contribution is 2.58. The minimum absolute atomic E-state index is 0.773. The Morgan fingerprint density at radius 3 is 1.08 bits per heavy atom. The number of benzene rings is 2. The third kappa shape index (κ3) is 17.6. The van der Waals surface area contributed by atoms with E-state index in [4.69, 9.17) is 9.47 Å². The van der Waals surface area contributed by atoms with Crippen LogP contribution in [0.25, 0.3) is 0 Å². The van der Waals surface area contributed by atoms with E-state index in [1.165, 1.54) is 144 Å². The van der Waals surface area contributed by atoms with Crippen LogP contribution in [0.5, 0.6) is 11.5 Å². The molecule has 0 N–H and O–H groups in total. The van der Waals surface area contributed by atoms with E-state index in [-0.39, 0.29) is 0 Å². The summed E-state index contributed by atoms with van der Waals surface area (Å²) in [4.78, 5) is 0. The average molecular weight is 815 g/mol. The van der Waals surface area contributed by atoms with E-state index in [2.05, 4.69) is 44.6 Å². The SMILES string of the molecule is C1=C2SCCCCCCCCCCCCOc3ccc(cc3)N=Nc3ccc(cc3)OCCCCCCCCCCCCSC3=CS/C(=C(/S1)S2)S3. The fourth-order valence-electron chi connectivity index (χ4n) is 6.08. The lowest BCUT2D eigenvalue weighted by Crippen LogP contribution is -1.97. The van der Waals surface area contributed by atoms with Crippen LogP contribution in [0.4, 0.5) is 11.4 Å². The lowest BCUT2D eigenvalue weighted by molar-refractivity contribution is 0.304. The Morgan fingerprint density at radius 1 is 0.385 bits per heavy atom. The molecule has 5 heterocycles. The molecule has 0 aromatic heterocycles. The third-order valence-corrected chi connectivity index (χ3v) is 17.3. The molecule has 0 spiro atoms. The highest BCUT2D eigenvalue weighted by molar-refractivity contribution is 8.40. The van der Waals surface area contributed by atoms with E-state index < -0.39 is 0 Å². The minimum Gasteiger partial charge on any atom is -0.494 e. The molecule has 0 fully saturated rings. The second-order valence-electron chi connectivity index (χ2n) is 13.5. The standard InChI is InChI=1S/C42H58N2O2S6/c1-3-7-11-15-19-31-47-39-33-49-41(51-39)42-50-34-40(52-42)48-32-20-16-12-8-4-2-6-10-14-18-30-46-38-27-23-36(24-28-38)44-43-35-21-25-37(26-22-35)45-29-17-13-9-5-1/h21-28,33-34H,1-20,29-32H2/b42-41+,44-43?. The molecule has 0 amide bonds. The maximum absolute atomic E-state index is 5.98. The number of hydrogen-bond acceptors (Lipinski definition) is 10. The van der Waals surface area contributed by atoms with E-state index in [1.54, 1.807) is 0 Å². The average Bonchev–Trinajstić information content (AvgIpc) is 3.85. The first kappa shape index (κ1) is 42.1. The van der Waals surface area contributed by atoms with Crippen LogP contribution in [-0.4, -0.2) is 24.7 Å². The van der Waals surface area contributed by atoms with E-state index in [1.807, 2.05) is 95.6 Å². The summed E-state index contributed by atoms with van der Waals surface area (Å²) in [5, 5.41) is 13.6. The first-order chi connectivity index (χ1) is 25.8. The number of thioether (sulfide) groups is 6. The van der Waals surface area contributed by atoms with Crippen molar-refractivity contribution in [3.05, 3.63) is 76.3 Å². The summed E-state index contributed by atoms with van der Waals surface area (Å²) < 4.78 is 17.9. The molecule has 5 aliphatic heterocycles. The molecule has 4 nitrogen and oxygen atoms in total. The number of azo groups is 1. The van der Waals surface area contributed by atoms with Crippen molar-refractivity contribution in [1.82, 2.24) is 0 Å². The van der Waals surface area contributed by atoms with Gasteiger partial charge in [0.2, 0.25) is 0 Å². The van der Waals surface area contributed by atoms with Crippen LogP contribution in [-0.2, 0) is 0 Å². The van der Waals surface area contributed by atoms with Crippen molar-refractivity contribution in [1.29, 1.82) is 0 Å². The van der Waals surface area contributed by atoms with Crippen LogP contribution >= 0.6 is 70.6 Å². The highest BCUT2D eigenvalue weighted by atomic mass is 32.2. The molecule has 52 heavy (non-hydrogen) atoms. The summed E-state index contributed by atoms with van der Waals surface area (Å²) >= 11 is 12.0. The molecule has 0 saturated heterocycles. The molecule has 2 aromatic carbocycles. The Kier molecular flexibility index (Phi) is 21.6. The molecular formula is C42H58N2O2S6. The topological polar surface area (TPSA) is 43.2 Å². The van der Waals surface area contributed by atoms with Gasteiger partial charge in [0.25, 0.3) is 0 Å². The van der Waals surface area contributed by atoms with Crippen LogP contribution < -0.4 is 9.47 Å². The van der Waals surface area contributed by atoms with Crippen molar-refractivity contribution in [3.63, 3.8) is 0 Å². The van der Waals surface area contributed by atoms with Gasteiger partial charge in [0.05, 0.1) is 41.5 Å². The van der Waals surface area contributed by atoms with E-state index in [0.717, 1.165) is 48.9 Å². The zero-order chi connectivity index (χ0) is 35.7. The van der Waals surface area contributed by atoms with Crippen LogP contribution in [0.15, 0.2) is 86.5 Å². The van der Waals surface area contributed by atoms with Crippen molar-refractivity contribution in [2.24, 2.45) is 10.2 Å². The van der Waals surface area contributed by atoms with Crippen molar-refractivity contribution in [2.45, 2.75) is 128 Å². The number of hydrogen-bond donors (Lipinski definition) is 0. The summed E-state index contributed by atoms with van der Waals surface area (Å²) in [5.74, 6) is 4.31. The Hall–Kier alpha value is -1.04. The van der Waals surface area contributed by atoms with Gasteiger partial charge in [-0.3, -0.25) is 0 Å². The number of rotatable bonds is 0. The maximum atomic E-state index is 5.98. The minimum atomic E-state index is 0.773. The second-order valence-corrected chi connectivity index (χ2v) is 20.7. The monoisotopic (exact) mass is 814 g/mol. The Bertz CT molecular complexity index is 1310. The zero-order valence-corrected chi connectivity index (χ0v) is 35.8. The highest BCUT2D eigenvalue weighted by Gasteiger charge is 2.22. The molecule has 0 atom stereocenters. The summed E-state index contributed by atoms with van der Waals surface area (Å²) in [6.45, 7) is 1.55. The van der Waals surface area contributed by atoms with Crippen molar-refractivity contribution in [2.75, 3.05) is 24.7 Å². The van der Waals surface area contributed by atoms with Gasteiger partial charge >= 0.3 is 0 Å². The molecule has 0 saturated carbocycles. The van der Waals surface area contributed by atoms with Crippen LogP contribution in [0.1, 0.15) is 128 Å². The first-order valence-electron chi connectivity index (χ1n) is 19.8. The van der Waals surface area contributed by atoms with Crippen molar-refractivity contribution < 1.29 is 9.47 Å². The van der Waals surface area contributed by atoms with Crippen LogP contribution in [0, 0.1) is 0 Å². The number of ether oxygens (including phenoxy) is 2. The Balaban J connectivity index is 0.978. The molecular weight excluding hydrogens is 757 g/mol. The normalized spacial score (nSPS) is 22.5. The van der Waals surface area contributed by atoms with Gasteiger partial charge in [-0.2, -0.15) is 10.2 Å². The quantitative estimate of drug-likeness (QED) is 0.261. The Labute approximate surface area is 340 Å². The van der Waals surface area contributed by atoms with E-state index >= 15 is 0 Å². The molecule has 8 bridgehead atoms. The van der Waals surface area contributed by atoms with Gasteiger partial charge in [-0.25, -0.2) is 0 Å². The summed E-state index contributed by atoms with van der Waals surface area (Å²) in [7, 11) is 0. The molecule has 2 aromatic rings. The van der Waals surface area contributed by atoms with Crippen LogP contribution in [0.3, 0.4) is 0 Å². The van der Waals surface area contributed by atoms with E-state index in [9.17, 15) is 0 Å². The molecule has 7 rings (SSSR count). The maximum Gasteiger partial charge on any atom is 0.119 e. The Morgan fingerprint density at radius 2 is 0.712 bits per heavy atom. The number of nitrogens with zero attached hydrogens (tertiary/aromatic N) is 2. The molecule has 0 aliphatic carbocycles. The van der Waals surface area contributed by atoms with Gasteiger partial charge in [-0.15, -0.1) is 23.5 Å². The summed E-state index contributed by atoms with van der Waals surface area (Å²) in [6, 6.07) is 15.8. The fraction of sp³-hybridized carbons (Fsp3) is 0.571. The van der Waals surface area contributed by atoms with Gasteiger partial charge < -0.3 is 9.47 Å². The lowest BCUT2D eigenvalue weighted by Gasteiger charge is -2.07. The van der Waals surface area contributed by atoms with Gasteiger partial charge in [0, 0.05) is 0 Å². The molecule has 284 valence electrons. The third-order valence-electron chi connectivity index (χ3n) is 9.14. The van der Waals surface area contributed by atoms with Gasteiger partial charge in [0.1, 0.15) is 11.5 Å². The molecule has 0 unspecified atom stereocenters. The number of fused-ring (bicyclic) bond motifs is 2. The molecule has 10 heteroatoms. The predicted molar refractivity (Wildman–Crippen MR) is 239 cm³/mol. The summed E-state index contributed by atoms with van der Waals surface area (Å²) in [6.07, 6.45) is 26.4. The van der Waals surface area contributed by atoms with Gasteiger partial charge in [-0.05, 0) is 96.5 Å². The van der Waals surface area contributed by atoms with Crippen molar-refractivity contribution >= 4 is 81.9 Å². The van der Waals surface area contributed by atoms with Crippen LogP contribution in [0.2, 0.25) is 0 Å². The fourth-order valence-corrected chi connectivity index (χ4v) is 13.9. The predicted octanol–water partition coefficient (Wildman–Crippen LogP) is 16.8. The largest absolute Gasteiger partial charge is 0.494 e. The second kappa shape index (κ2) is 26.7. The van der Waals surface area contributed by atoms with Gasteiger partial charge in [0.15, 0.2) is 0 Å². The smallest absolute Gasteiger partial charge is 0.119 e. The van der Waals surface area contributed by atoms with E-state index in [0.29, 0.717) is 0 Å². The molecule has 0 radical (unpaired) electrons. The first-order valence-corrected chi connectivity index (χ1v) is 25.1.